The van der Waals surface area contributed by atoms with E-state index in [0.717, 1.165) is 48.9 Å². The topological polar surface area (TPSA) is 63.4 Å². The van der Waals surface area contributed by atoms with Gasteiger partial charge in [-0.25, -0.2) is 0 Å². The number of hydrogen-bond donors (Lipinski definition) is 1. The van der Waals surface area contributed by atoms with Crippen molar-refractivity contribution >= 4 is 11.6 Å². The fourth-order valence-corrected chi connectivity index (χ4v) is 3.98. The Balaban J connectivity index is 1.71. The highest BCUT2D eigenvalue weighted by atomic mass is 35.5. The molecule has 0 aliphatic carbocycles. The van der Waals surface area contributed by atoms with Crippen molar-refractivity contribution in [2.45, 2.75) is 24.3 Å². The van der Waals surface area contributed by atoms with Crippen molar-refractivity contribution in [3.63, 3.8) is 0 Å². The van der Waals surface area contributed by atoms with E-state index in [1.54, 1.807) is 0 Å². The van der Waals surface area contributed by atoms with Crippen LogP contribution in [0.25, 0.3) is 0 Å². The van der Waals surface area contributed by atoms with Gasteiger partial charge in [-0.1, -0.05) is 28.9 Å². The molecule has 2 aliphatic rings. The summed E-state index contributed by atoms with van der Waals surface area (Å²) >= 11 is 6.25. The molecule has 1 aromatic heterocycles. The van der Waals surface area contributed by atoms with Gasteiger partial charge in [0.2, 0.25) is 5.89 Å². The summed E-state index contributed by atoms with van der Waals surface area (Å²) in [6, 6.07) is 8.10. The third-order valence-electron chi connectivity index (χ3n) is 5.38. The van der Waals surface area contributed by atoms with Crippen LogP contribution in [0.4, 0.5) is 0 Å². The van der Waals surface area contributed by atoms with Gasteiger partial charge in [0, 0.05) is 37.9 Å². The summed E-state index contributed by atoms with van der Waals surface area (Å²) in [5.41, 5.74) is 0.795. The van der Waals surface area contributed by atoms with Gasteiger partial charge in [-0.05, 0) is 37.6 Å². The third kappa shape index (κ3) is 3.19. The van der Waals surface area contributed by atoms with Crippen LogP contribution in [0.15, 0.2) is 28.8 Å². The van der Waals surface area contributed by atoms with Crippen LogP contribution in [0.3, 0.4) is 0 Å². The molecular weight excluding hydrogens is 340 g/mol. The summed E-state index contributed by atoms with van der Waals surface area (Å²) in [5, 5.41) is 8.44. The number of likely N-dealkylation sites (N-methyl/N-ethyl adjacent to an activating group) is 1. The largest absolute Gasteiger partial charge is 0.381 e. The number of nitrogens with one attached hydrogen (secondary N) is 1. The van der Waals surface area contributed by atoms with Crippen molar-refractivity contribution in [3.8, 4) is 0 Å². The summed E-state index contributed by atoms with van der Waals surface area (Å²) in [7, 11) is 2.10. The minimum absolute atomic E-state index is 0.141. The van der Waals surface area contributed by atoms with E-state index in [9.17, 15) is 0 Å². The molecule has 134 valence electrons. The van der Waals surface area contributed by atoms with Gasteiger partial charge in [-0.2, -0.15) is 4.98 Å². The lowest BCUT2D eigenvalue weighted by Gasteiger charge is -2.34. The molecule has 1 N–H and O–H groups in total. The lowest BCUT2D eigenvalue weighted by molar-refractivity contribution is 0.0523. The number of piperazine rings is 1. The first-order valence-electron chi connectivity index (χ1n) is 8.78. The first-order valence-corrected chi connectivity index (χ1v) is 9.16. The second kappa shape index (κ2) is 7.03. The number of hydrogen-bond acceptors (Lipinski definition) is 6. The Labute approximate surface area is 152 Å². The predicted molar refractivity (Wildman–Crippen MR) is 94.8 cm³/mol. The Hall–Kier alpha value is -1.47. The molecule has 1 unspecified atom stereocenters. The first-order chi connectivity index (χ1) is 12.2. The molecule has 4 rings (SSSR count). The molecule has 2 aliphatic heterocycles. The molecule has 1 aromatic carbocycles. The molecule has 2 saturated heterocycles. The van der Waals surface area contributed by atoms with Gasteiger partial charge in [-0.3, -0.25) is 4.90 Å². The van der Waals surface area contributed by atoms with Crippen molar-refractivity contribution in [1.29, 1.82) is 0 Å². The molecule has 0 spiro atoms. The van der Waals surface area contributed by atoms with Crippen molar-refractivity contribution < 1.29 is 9.26 Å². The zero-order chi connectivity index (χ0) is 17.3. The van der Waals surface area contributed by atoms with E-state index >= 15 is 0 Å². The Morgan fingerprint density at radius 2 is 2.16 bits per heavy atom. The number of halogens is 1. The normalized spacial score (nSPS) is 24.3. The van der Waals surface area contributed by atoms with Crippen molar-refractivity contribution in [3.05, 3.63) is 46.6 Å². The van der Waals surface area contributed by atoms with Crippen LogP contribution < -0.4 is 5.32 Å². The lowest BCUT2D eigenvalue weighted by Crippen LogP contribution is -2.44. The van der Waals surface area contributed by atoms with Gasteiger partial charge in [0.05, 0.1) is 11.5 Å². The van der Waals surface area contributed by atoms with Gasteiger partial charge < -0.3 is 14.6 Å². The highest BCUT2D eigenvalue weighted by molar-refractivity contribution is 6.30. The van der Waals surface area contributed by atoms with Gasteiger partial charge in [0.1, 0.15) is 0 Å². The monoisotopic (exact) mass is 362 g/mol. The average Bonchev–Trinajstić information content (AvgIpc) is 3.13. The number of rotatable bonds is 3. The van der Waals surface area contributed by atoms with E-state index < -0.39 is 0 Å². The first kappa shape index (κ1) is 17.0. The van der Waals surface area contributed by atoms with Gasteiger partial charge in [0.15, 0.2) is 5.82 Å². The Kier molecular flexibility index (Phi) is 4.78. The van der Waals surface area contributed by atoms with Crippen molar-refractivity contribution in [2.24, 2.45) is 0 Å². The van der Waals surface area contributed by atoms with Crippen molar-refractivity contribution in [1.82, 2.24) is 20.4 Å². The lowest BCUT2D eigenvalue weighted by atomic mass is 9.74. The van der Waals surface area contributed by atoms with E-state index in [1.807, 2.05) is 18.2 Å². The van der Waals surface area contributed by atoms with E-state index in [4.69, 9.17) is 25.8 Å². The fraction of sp³-hybridized carbons (Fsp3) is 0.556. The number of nitrogens with zero attached hydrogens (tertiary/aromatic N) is 3. The highest BCUT2D eigenvalue weighted by Gasteiger charge is 2.42. The number of ether oxygens (including phenoxy) is 1. The molecule has 1 atom stereocenters. The Morgan fingerprint density at radius 3 is 2.92 bits per heavy atom. The summed E-state index contributed by atoms with van der Waals surface area (Å²) in [6.07, 6.45) is 1.63. The van der Waals surface area contributed by atoms with Crippen molar-refractivity contribution in [2.75, 3.05) is 39.9 Å². The number of aromatic nitrogens is 2. The van der Waals surface area contributed by atoms with Crippen LogP contribution in [0.2, 0.25) is 5.02 Å². The van der Waals surface area contributed by atoms with Crippen LogP contribution in [-0.4, -0.2) is 54.9 Å². The fourth-order valence-electron chi connectivity index (χ4n) is 3.79. The third-order valence-corrected chi connectivity index (χ3v) is 5.62. The van der Waals surface area contributed by atoms with E-state index in [1.165, 1.54) is 0 Å². The van der Waals surface area contributed by atoms with E-state index in [2.05, 4.69) is 28.5 Å². The summed E-state index contributed by atoms with van der Waals surface area (Å²) in [4.78, 5) is 7.09. The molecule has 0 amide bonds. The Morgan fingerprint density at radius 1 is 1.32 bits per heavy atom. The minimum Gasteiger partial charge on any atom is -0.381 e. The van der Waals surface area contributed by atoms with Gasteiger partial charge >= 0.3 is 0 Å². The average molecular weight is 363 g/mol. The zero-order valence-electron chi connectivity index (χ0n) is 14.4. The quantitative estimate of drug-likeness (QED) is 0.904. The van der Waals surface area contributed by atoms with Gasteiger partial charge in [-0.15, -0.1) is 0 Å². The number of benzene rings is 1. The minimum atomic E-state index is -0.324. The second-order valence-electron chi connectivity index (χ2n) is 6.86. The molecule has 0 saturated carbocycles. The Bertz CT molecular complexity index is 729. The second-order valence-corrected chi connectivity index (χ2v) is 7.30. The molecule has 0 radical (unpaired) electrons. The maximum absolute atomic E-state index is 6.25. The smallest absolute Gasteiger partial charge is 0.237 e. The SMILES string of the molecule is CN1CCNCC1c1noc(C2(c3cccc(Cl)c3)CCOCC2)n1. The molecule has 0 bridgehead atoms. The molecule has 7 heteroatoms. The van der Waals surface area contributed by atoms with E-state index in [-0.39, 0.29) is 11.5 Å². The molecule has 6 nitrogen and oxygen atoms in total. The summed E-state index contributed by atoms with van der Waals surface area (Å²) < 4.78 is 11.4. The van der Waals surface area contributed by atoms with Crippen LogP contribution in [-0.2, 0) is 10.2 Å². The highest BCUT2D eigenvalue weighted by Crippen LogP contribution is 2.41. The summed E-state index contributed by atoms with van der Waals surface area (Å²) in [6.45, 7) is 4.15. The van der Waals surface area contributed by atoms with E-state index in [0.29, 0.717) is 19.1 Å². The maximum Gasteiger partial charge on any atom is 0.237 e. The standard InChI is InChI=1S/C18H23ClN4O2/c1-23-8-7-20-12-15(23)16-21-17(25-22-16)18(5-9-24-10-6-18)13-3-2-4-14(19)11-13/h2-4,11,15,20H,5-10,12H2,1H3. The zero-order valence-corrected chi connectivity index (χ0v) is 15.1. The van der Waals surface area contributed by atoms with Crippen LogP contribution >= 0.6 is 11.6 Å². The maximum atomic E-state index is 6.25. The molecule has 25 heavy (non-hydrogen) atoms. The summed E-state index contributed by atoms with van der Waals surface area (Å²) in [5.74, 6) is 1.42. The molecule has 3 heterocycles. The van der Waals surface area contributed by atoms with Crippen LogP contribution in [0.5, 0.6) is 0 Å². The molecule has 2 fully saturated rings. The van der Waals surface area contributed by atoms with Crippen LogP contribution in [0.1, 0.15) is 36.2 Å². The van der Waals surface area contributed by atoms with Crippen LogP contribution in [0, 0.1) is 0 Å². The predicted octanol–water partition coefficient (Wildman–Crippen LogP) is 2.40. The van der Waals surface area contributed by atoms with Gasteiger partial charge in [0.25, 0.3) is 0 Å². The molecule has 2 aromatic rings. The molecular formula is C18H23ClN4O2.